The number of fused-ring (bicyclic) bond motifs is 3. The monoisotopic (exact) mass is 323 g/mol. The van der Waals surface area contributed by atoms with Crippen molar-refractivity contribution < 1.29 is 14.6 Å². The van der Waals surface area contributed by atoms with Gasteiger partial charge in [0.05, 0.1) is 30.3 Å². The largest absolute Gasteiger partial charge is 0.497 e. The predicted molar refractivity (Wildman–Crippen MR) is 72.6 cm³/mol. The third-order valence-electron chi connectivity index (χ3n) is 2.90. The molecule has 0 fully saturated rings. The lowest BCUT2D eigenvalue weighted by molar-refractivity contribution is -0.136. The second-order valence-electron chi connectivity index (χ2n) is 4.09. The number of hydrogen-bond acceptors (Lipinski definition) is 3. The van der Waals surface area contributed by atoms with Gasteiger partial charge in [-0.2, -0.15) is 0 Å². The van der Waals surface area contributed by atoms with Gasteiger partial charge in [0.2, 0.25) is 5.78 Å². The van der Waals surface area contributed by atoms with Crippen LogP contribution in [0.5, 0.6) is 5.75 Å². The number of aromatic nitrogens is 3. The van der Waals surface area contributed by atoms with E-state index in [1.54, 1.807) is 7.11 Å². The molecule has 0 bridgehead atoms. The van der Waals surface area contributed by atoms with Gasteiger partial charge < -0.3 is 14.8 Å². The first-order valence-corrected chi connectivity index (χ1v) is 6.34. The van der Waals surface area contributed by atoms with Crippen LogP contribution in [0, 0.1) is 0 Å². The molecule has 98 valence electrons. The smallest absolute Gasteiger partial charge is 0.309 e. The van der Waals surface area contributed by atoms with Crippen molar-refractivity contribution in [2.45, 2.75) is 6.42 Å². The molecule has 3 rings (SSSR count). The summed E-state index contributed by atoms with van der Waals surface area (Å²) < 4.78 is 7.67. The Morgan fingerprint density at radius 1 is 1.58 bits per heavy atom. The van der Waals surface area contributed by atoms with Crippen LogP contribution in [0.3, 0.4) is 0 Å². The Hall–Kier alpha value is -2.02. The van der Waals surface area contributed by atoms with Crippen molar-refractivity contribution in [2.75, 3.05) is 7.11 Å². The van der Waals surface area contributed by atoms with E-state index in [9.17, 15) is 4.79 Å². The van der Waals surface area contributed by atoms with Crippen molar-refractivity contribution in [2.24, 2.45) is 0 Å². The first-order chi connectivity index (χ1) is 9.10. The fourth-order valence-corrected chi connectivity index (χ4v) is 2.66. The molecule has 2 heterocycles. The number of carbonyl (C=O) groups is 1. The van der Waals surface area contributed by atoms with E-state index in [1.165, 1.54) is 0 Å². The molecular weight excluding hydrogens is 314 g/mol. The molecule has 0 atom stereocenters. The first kappa shape index (κ1) is 12.0. The SMILES string of the molecule is COc1ccc2c(c1)nc1[nH]c(CC(=O)O)c(Br)n12. The summed E-state index contributed by atoms with van der Waals surface area (Å²) in [6.07, 6.45) is -0.0818. The Morgan fingerprint density at radius 3 is 3.05 bits per heavy atom. The van der Waals surface area contributed by atoms with E-state index < -0.39 is 5.97 Å². The number of H-pyrrole nitrogens is 1. The summed E-state index contributed by atoms with van der Waals surface area (Å²) in [6.45, 7) is 0. The van der Waals surface area contributed by atoms with Crippen molar-refractivity contribution in [1.82, 2.24) is 14.4 Å². The zero-order valence-corrected chi connectivity index (χ0v) is 11.6. The standard InChI is InChI=1S/C12H10BrN3O3/c1-19-6-2-3-9-7(4-6)14-12-15-8(5-10(17)18)11(13)16(9)12/h2-4H,5H2,1H3,(H,14,15)(H,17,18). The molecule has 0 radical (unpaired) electrons. The van der Waals surface area contributed by atoms with Crippen LogP contribution in [0.1, 0.15) is 5.69 Å². The number of halogens is 1. The maximum absolute atomic E-state index is 10.8. The first-order valence-electron chi connectivity index (χ1n) is 5.54. The normalized spacial score (nSPS) is 11.3. The van der Waals surface area contributed by atoms with Gasteiger partial charge in [-0.3, -0.25) is 9.20 Å². The average Bonchev–Trinajstić information content (AvgIpc) is 2.86. The number of nitrogens with one attached hydrogen (secondary N) is 1. The van der Waals surface area contributed by atoms with E-state index in [4.69, 9.17) is 9.84 Å². The van der Waals surface area contributed by atoms with Crippen LogP contribution >= 0.6 is 15.9 Å². The Balaban J connectivity index is 2.24. The molecule has 0 aliphatic heterocycles. The molecule has 0 amide bonds. The molecule has 0 spiro atoms. The lowest BCUT2D eigenvalue weighted by atomic mass is 10.3. The van der Waals surface area contributed by atoms with Crippen LogP contribution in [-0.2, 0) is 11.2 Å². The number of nitrogens with zero attached hydrogens (tertiary/aromatic N) is 2. The van der Waals surface area contributed by atoms with E-state index >= 15 is 0 Å². The molecule has 0 unspecified atom stereocenters. The summed E-state index contributed by atoms with van der Waals surface area (Å²) in [4.78, 5) is 18.2. The van der Waals surface area contributed by atoms with Crippen LogP contribution < -0.4 is 4.74 Å². The Bertz CT molecular complexity index is 790. The minimum atomic E-state index is -0.892. The molecule has 2 N–H and O–H groups in total. The van der Waals surface area contributed by atoms with Gasteiger partial charge in [-0.25, -0.2) is 4.98 Å². The lowest BCUT2D eigenvalue weighted by Crippen LogP contribution is -2.01. The van der Waals surface area contributed by atoms with Crippen LogP contribution in [-0.4, -0.2) is 32.6 Å². The number of rotatable bonds is 3. The molecule has 0 aliphatic carbocycles. The summed E-state index contributed by atoms with van der Waals surface area (Å²) in [7, 11) is 1.60. The molecule has 0 aliphatic rings. The predicted octanol–water partition coefficient (Wildman–Crippen LogP) is 2.21. The third kappa shape index (κ3) is 1.86. The molecule has 2 aromatic heterocycles. The van der Waals surface area contributed by atoms with E-state index in [1.807, 2.05) is 22.6 Å². The number of methoxy groups -OCH3 is 1. The summed E-state index contributed by atoms with van der Waals surface area (Å²) in [5.41, 5.74) is 2.26. The summed E-state index contributed by atoms with van der Waals surface area (Å²) in [6, 6.07) is 5.56. The molecule has 3 aromatic rings. The van der Waals surface area contributed by atoms with E-state index in [0.717, 1.165) is 16.8 Å². The van der Waals surface area contributed by atoms with Gasteiger partial charge in [0.25, 0.3) is 0 Å². The van der Waals surface area contributed by atoms with Gasteiger partial charge in [-0.05, 0) is 28.1 Å². The molecule has 7 heteroatoms. The number of ether oxygens (including phenoxy) is 1. The highest BCUT2D eigenvalue weighted by molar-refractivity contribution is 9.10. The molecule has 0 saturated heterocycles. The second-order valence-corrected chi connectivity index (χ2v) is 4.84. The molecule has 6 nitrogen and oxygen atoms in total. The van der Waals surface area contributed by atoms with Gasteiger partial charge in [-0.1, -0.05) is 0 Å². The third-order valence-corrected chi connectivity index (χ3v) is 3.73. The zero-order valence-electron chi connectivity index (χ0n) is 9.98. The summed E-state index contributed by atoms with van der Waals surface area (Å²) >= 11 is 3.41. The number of carboxylic acid groups (broad SMARTS) is 1. The Labute approximate surface area is 116 Å². The van der Waals surface area contributed by atoms with Crippen LogP contribution in [0.25, 0.3) is 16.8 Å². The summed E-state index contributed by atoms with van der Waals surface area (Å²) in [5, 5.41) is 8.85. The number of carboxylic acids is 1. The maximum Gasteiger partial charge on any atom is 0.309 e. The van der Waals surface area contributed by atoms with Gasteiger partial charge in [0.1, 0.15) is 10.4 Å². The van der Waals surface area contributed by atoms with Crippen LogP contribution in [0.2, 0.25) is 0 Å². The van der Waals surface area contributed by atoms with Crippen LogP contribution in [0.15, 0.2) is 22.8 Å². The van der Waals surface area contributed by atoms with E-state index in [2.05, 4.69) is 25.9 Å². The highest BCUT2D eigenvalue weighted by Gasteiger charge is 2.16. The second kappa shape index (κ2) is 4.27. The average molecular weight is 324 g/mol. The minimum absolute atomic E-state index is 0.0818. The number of benzene rings is 1. The molecular formula is C12H10BrN3O3. The quantitative estimate of drug-likeness (QED) is 0.774. The minimum Gasteiger partial charge on any atom is -0.497 e. The van der Waals surface area contributed by atoms with Crippen LogP contribution in [0.4, 0.5) is 0 Å². The van der Waals surface area contributed by atoms with E-state index in [-0.39, 0.29) is 6.42 Å². The van der Waals surface area contributed by atoms with Crippen molar-refractivity contribution in [3.8, 4) is 5.75 Å². The number of hydrogen-bond donors (Lipinski definition) is 2. The van der Waals surface area contributed by atoms with Gasteiger partial charge in [0.15, 0.2) is 0 Å². The number of aromatic amines is 1. The highest BCUT2D eigenvalue weighted by Crippen LogP contribution is 2.27. The van der Waals surface area contributed by atoms with E-state index in [0.29, 0.717) is 16.1 Å². The molecule has 1 aromatic carbocycles. The highest BCUT2D eigenvalue weighted by atomic mass is 79.9. The van der Waals surface area contributed by atoms with Crippen molar-refractivity contribution >= 4 is 38.7 Å². The number of aliphatic carboxylic acids is 1. The summed E-state index contributed by atoms with van der Waals surface area (Å²) in [5.74, 6) is 0.442. The maximum atomic E-state index is 10.8. The van der Waals surface area contributed by atoms with Gasteiger partial charge in [0, 0.05) is 6.07 Å². The van der Waals surface area contributed by atoms with Crippen molar-refractivity contribution in [3.63, 3.8) is 0 Å². The van der Waals surface area contributed by atoms with Gasteiger partial charge in [-0.15, -0.1) is 0 Å². The van der Waals surface area contributed by atoms with Crippen molar-refractivity contribution in [1.29, 1.82) is 0 Å². The Morgan fingerprint density at radius 2 is 2.37 bits per heavy atom. The fraction of sp³-hybridized carbons (Fsp3) is 0.167. The lowest BCUT2D eigenvalue weighted by Gasteiger charge is -1.99. The van der Waals surface area contributed by atoms with Gasteiger partial charge >= 0.3 is 5.97 Å². The topological polar surface area (TPSA) is 79.6 Å². The molecule has 0 saturated carbocycles. The fourth-order valence-electron chi connectivity index (χ4n) is 2.06. The Kier molecular flexibility index (Phi) is 2.70. The zero-order chi connectivity index (χ0) is 13.6. The molecule has 19 heavy (non-hydrogen) atoms. The van der Waals surface area contributed by atoms with Crippen molar-refractivity contribution in [3.05, 3.63) is 28.5 Å². The number of imidazole rings is 2.